The maximum atomic E-state index is 5.60. The second-order valence-corrected chi connectivity index (χ2v) is 4.44. The zero-order valence-electron chi connectivity index (χ0n) is 8.91. The van der Waals surface area contributed by atoms with Crippen molar-refractivity contribution in [3.05, 3.63) is 29.1 Å². The fourth-order valence-corrected chi connectivity index (χ4v) is 2.25. The van der Waals surface area contributed by atoms with Crippen molar-refractivity contribution in [3.8, 4) is 10.6 Å². The molecule has 1 N–H and O–H groups in total. The number of nitrogens with one attached hydrogen (secondary N) is 1. The SMILES string of the molecule is CCc1ccc(-c2cnc(CNC)o2)s1. The van der Waals surface area contributed by atoms with E-state index in [0.717, 1.165) is 22.9 Å². The average Bonchev–Trinajstić information content (AvgIpc) is 2.85. The van der Waals surface area contributed by atoms with Crippen LogP contribution in [0.25, 0.3) is 10.6 Å². The molecule has 2 aromatic rings. The summed E-state index contributed by atoms with van der Waals surface area (Å²) in [6, 6.07) is 4.23. The van der Waals surface area contributed by atoms with Gasteiger partial charge in [0.1, 0.15) is 0 Å². The van der Waals surface area contributed by atoms with Gasteiger partial charge >= 0.3 is 0 Å². The van der Waals surface area contributed by atoms with Crippen LogP contribution in [0.5, 0.6) is 0 Å². The first kappa shape index (κ1) is 10.4. The van der Waals surface area contributed by atoms with Crippen molar-refractivity contribution in [1.82, 2.24) is 10.3 Å². The number of aromatic nitrogens is 1. The second kappa shape index (κ2) is 4.59. The van der Waals surface area contributed by atoms with Crippen molar-refractivity contribution in [3.63, 3.8) is 0 Å². The predicted octanol–water partition coefficient (Wildman–Crippen LogP) is 2.68. The lowest BCUT2D eigenvalue weighted by Crippen LogP contribution is -2.04. The highest BCUT2D eigenvalue weighted by Crippen LogP contribution is 2.28. The Morgan fingerprint density at radius 1 is 1.47 bits per heavy atom. The molecule has 4 heteroatoms. The third-order valence-corrected chi connectivity index (χ3v) is 3.38. The zero-order valence-corrected chi connectivity index (χ0v) is 9.73. The van der Waals surface area contributed by atoms with Gasteiger partial charge in [0.2, 0.25) is 5.89 Å². The third-order valence-electron chi connectivity index (χ3n) is 2.13. The number of nitrogens with zero attached hydrogens (tertiary/aromatic N) is 1. The number of aryl methyl sites for hydroxylation is 1. The molecule has 0 spiro atoms. The molecule has 0 saturated carbocycles. The van der Waals surface area contributed by atoms with Crippen LogP contribution >= 0.6 is 11.3 Å². The first-order valence-corrected chi connectivity index (χ1v) is 5.83. The first-order chi connectivity index (χ1) is 7.33. The topological polar surface area (TPSA) is 38.1 Å². The fourth-order valence-electron chi connectivity index (χ4n) is 1.36. The van der Waals surface area contributed by atoms with E-state index in [2.05, 4.69) is 29.4 Å². The van der Waals surface area contributed by atoms with Crippen molar-refractivity contribution in [2.75, 3.05) is 7.05 Å². The number of hydrogen-bond acceptors (Lipinski definition) is 4. The van der Waals surface area contributed by atoms with Gasteiger partial charge in [0.25, 0.3) is 0 Å². The zero-order chi connectivity index (χ0) is 10.7. The van der Waals surface area contributed by atoms with Crippen LogP contribution in [-0.4, -0.2) is 12.0 Å². The van der Waals surface area contributed by atoms with Crippen LogP contribution in [0.15, 0.2) is 22.7 Å². The lowest BCUT2D eigenvalue weighted by Gasteiger charge is -1.91. The van der Waals surface area contributed by atoms with Crippen LogP contribution in [0.1, 0.15) is 17.7 Å². The number of hydrogen-bond donors (Lipinski definition) is 1. The number of thiophene rings is 1. The molecule has 0 amide bonds. The van der Waals surface area contributed by atoms with E-state index < -0.39 is 0 Å². The van der Waals surface area contributed by atoms with Crippen LogP contribution < -0.4 is 5.32 Å². The van der Waals surface area contributed by atoms with Crippen LogP contribution in [0.4, 0.5) is 0 Å². The Balaban J connectivity index is 2.21. The van der Waals surface area contributed by atoms with E-state index in [-0.39, 0.29) is 0 Å². The molecule has 3 nitrogen and oxygen atoms in total. The maximum Gasteiger partial charge on any atom is 0.208 e. The minimum absolute atomic E-state index is 0.673. The highest BCUT2D eigenvalue weighted by atomic mass is 32.1. The summed E-state index contributed by atoms with van der Waals surface area (Å²) in [6.45, 7) is 2.83. The molecule has 80 valence electrons. The van der Waals surface area contributed by atoms with Gasteiger partial charge in [0.15, 0.2) is 5.76 Å². The Bertz CT molecular complexity index is 433. The summed E-state index contributed by atoms with van der Waals surface area (Å²) in [7, 11) is 1.88. The monoisotopic (exact) mass is 222 g/mol. The van der Waals surface area contributed by atoms with E-state index in [1.165, 1.54) is 4.88 Å². The van der Waals surface area contributed by atoms with Gasteiger partial charge in [0.05, 0.1) is 17.6 Å². The quantitative estimate of drug-likeness (QED) is 0.864. The van der Waals surface area contributed by atoms with Gasteiger partial charge < -0.3 is 9.73 Å². The highest BCUT2D eigenvalue weighted by molar-refractivity contribution is 7.15. The molecule has 0 bridgehead atoms. The average molecular weight is 222 g/mol. The van der Waals surface area contributed by atoms with Gasteiger partial charge in [-0.2, -0.15) is 0 Å². The Morgan fingerprint density at radius 3 is 3.00 bits per heavy atom. The molecule has 0 radical (unpaired) electrons. The first-order valence-electron chi connectivity index (χ1n) is 5.02. The van der Waals surface area contributed by atoms with Gasteiger partial charge in [-0.25, -0.2) is 4.98 Å². The summed E-state index contributed by atoms with van der Waals surface area (Å²) in [5.41, 5.74) is 0. The molecule has 2 heterocycles. The molecule has 0 aliphatic heterocycles. The minimum atomic E-state index is 0.673. The Labute approximate surface area is 93.2 Å². The van der Waals surface area contributed by atoms with Crippen molar-refractivity contribution >= 4 is 11.3 Å². The smallest absolute Gasteiger partial charge is 0.208 e. The summed E-state index contributed by atoms with van der Waals surface area (Å²) in [4.78, 5) is 6.72. The maximum absolute atomic E-state index is 5.60. The summed E-state index contributed by atoms with van der Waals surface area (Å²) < 4.78 is 5.60. The standard InChI is InChI=1S/C11H14N2OS/c1-3-8-4-5-10(15-8)9-6-13-11(14-9)7-12-2/h4-6,12H,3,7H2,1-2H3. The molecule has 0 unspecified atom stereocenters. The van der Waals surface area contributed by atoms with E-state index in [4.69, 9.17) is 4.42 Å². The Morgan fingerprint density at radius 2 is 2.33 bits per heavy atom. The van der Waals surface area contributed by atoms with Crippen LogP contribution in [0, 0.1) is 0 Å². The van der Waals surface area contributed by atoms with Crippen LogP contribution in [0.3, 0.4) is 0 Å². The second-order valence-electron chi connectivity index (χ2n) is 3.27. The Kier molecular flexibility index (Phi) is 3.18. The van der Waals surface area contributed by atoms with E-state index in [0.29, 0.717) is 6.54 Å². The van der Waals surface area contributed by atoms with Crippen molar-refractivity contribution in [2.45, 2.75) is 19.9 Å². The van der Waals surface area contributed by atoms with E-state index >= 15 is 0 Å². The fraction of sp³-hybridized carbons (Fsp3) is 0.364. The predicted molar refractivity (Wildman–Crippen MR) is 62.0 cm³/mol. The third kappa shape index (κ3) is 2.27. The lowest BCUT2D eigenvalue weighted by molar-refractivity contribution is 0.492. The summed E-state index contributed by atoms with van der Waals surface area (Å²) in [5, 5.41) is 3.01. The molecule has 2 aromatic heterocycles. The van der Waals surface area contributed by atoms with Gasteiger partial charge in [-0.1, -0.05) is 6.92 Å². The van der Waals surface area contributed by atoms with E-state index in [9.17, 15) is 0 Å². The van der Waals surface area contributed by atoms with E-state index in [1.807, 2.05) is 7.05 Å². The van der Waals surface area contributed by atoms with Gasteiger partial charge in [0, 0.05) is 4.88 Å². The molecule has 0 aromatic carbocycles. The highest BCUT2D eigenvalue weighted by Gasteiger charge is 2.07. The van der Waals surface area contributed by atoms with Gasteiger partial charge in [-0.15, -0.1) is 11.3 Å². The molecule has 0 fully saturated rings. The Hall–Kier alpha value is -1.13. The number of oxazole rings is 1. The van der Waals surface area contributed by atoms with Crippen molar-refractivity contribution < 1.29 is 4.42 Å². The van der Waals surface area contributed by atoms with Gasteiger partial charge in [-0.05, 0) is 25.6 Å². The molecule has 2 rings (SSSR count). The minimum Gasteiger partial charge on any atom is -0.438 e. The molecule has 0 aliphatic rings. The van der Waals surface area contributed by atoms with Crippen LogP contribution in [0.2, 0.25) is 0 Å². The normalized spacial score (nSPS) is 10.8. The van der Waals surface area contributed by atoms with Crippen LogP contribution in [-0.2, 0) is 13.0 Å². The molecule has 15 heavy (non-hydrogen) atoms. The molecular formula is C11H14N2OS. The van der Waals surface area contributed by atoms with Gasteiger partial charge in [-0.3, -0.25) is 0 Å². The molecule has 0 aliphatic carbocycles. The molecule has 0 atom stereocenters. The van der Waals surface area contributed by atoms with E-state index in [1.54, 1.807) is 17.5 Å². The molecule has 0 saturated heterocycles. The lowest BCUT2D eigenvalue weighted by atomic mass is 10.3. The van der Waals surface area contributed by atoms with Crippen molar-refractivity contribution in [1.29, 1.82) is 0 Å². The summed E-state index contributed by atoms with van der Waals surface area (Å²) >= 11 is 1.76. The van der Waals surface area contributed by atoms with Crippen molar-refractivity contribution in [2.24, 2.45) is 0 Å². The molecular weight excluding hydrogens is 208 g/mol. The number of rotatable bonds is 4. The summed E-state index contributed by atoms with van der Waals surface area (Å²) in [5.74, 6) is 1.60. The summed E-state index contributed by atoms with van der Waals surface area (Å²) in [6.07, 6.45) is 2.86. The largest absolute Gasteiger partial charge is 0.438 e.